The van der Waals surface area contributed by atoms with Crippen molar-refractivity contribution in [3.63, 3.8) is 0 Å². The van der Waals surface area contributed by atoms with Crippen LogP contribution in [-0.4, -0.2) is 25.7 Å². The maximum atomic E-state index is 3.56. The van der Waals surface area contributed by atoms with Crippen molar-refractivity contribution in [2.75, 3.05) is 24.5 Å². The number of hydrogen-bond donors (Lipinski definition) is 1. The van der Waals surface area contributed by atoms with Gasteiger partial charge >= 0.3 is 0 Å². The number of benzene rings is 1. The van der Waals surface area contributed by atoms with Crippen molar-refractivity contribution in [2.45, 2.75) is 45.6 Å². The second kappa shape index (κ2) is 6.79. The Morgan fingerprint density at radius 3 is 2.89 bits per heavy atom. The molecule has 0 bridgehead atoms. The molecule has 2 heteroatoms. The highest BCUT2D eigenvalue weighted by atomic mass is 15.1. The van der Waals surface area contributed by atoms with Gasteiger partial charge in [0.15, 0.2) is 0 Å². The fourth-order valence-corrected chi connectivity index (χ4v) is 2.91. The highest BCUT2D eigenvalue weighted by Crippen LogP contribution is 2.27. The Balaban J connectivity index is 1.78. The lowest BCUT2D eigenvalue weighted by molar-refractivity contribution is 0.467. The molecule has 1 aromatic rings. The molecule has 0 amide bonds. The van der Waals surface area contributed by atoms with Crippen molar-refractivity contribution < 1.29 is 0 Å². The van der Waals surface area contributed by atoms with Crippen LogP contribution in [0.1, 0.15) is 38.7 Å². The highest BCUT2D eigenvalue weighted by Gasteiger charge is 2.17. The summed E-state index contributed by atoms with van der Waals surface area (Å²) < 4.78 is 0. The molecule has 2 nitrogen and oxygen atoms in total. The van der Waals surface area contributed by atoms with E-state index < -0.39 is 0 Å². The summed E-state index contributed by atoms with van der Waals surface area (Å²) in [6.45, 7) is 7.97. The molecule has 1 atom stereocenters. The Morgan fingerprint density at radius 2 is 2.11 bits per heavy atom. The van der Waals surface area contributed by atoms with E-state index in [1.807, 2.05) is 0 Å². The van der Waals surface area contributed by atoms with Crippen LogP contribution in [0.5, 0.6) is 0 Å². The first kappa shape index (κ1) is 13.4. The van der Waals surface area contributed by atoms with Crippen LogP contribution in [0.2, 0.25) is 0 Å². The summed E-state index contributed by atoms with van der Waals surface area (Å²) in [6, 6.07) is 9.55. The van der Waals surface area contributed by atoms with Crippen molar-refractivity contribution in [2.24, 2.45) is 0 Å². The maximum Gasteiger partial charge on any atom is 0.0399 e. The van der Waals surface area contributed by atoms with E-state index in [2.05, 4.69) is 48.3 Å². The molecule has 0 aromatic heterocycles. The van der Waals surface area contributed by atoms with Crippen LogP contribution in [0.25, 0.3) is 0 Å². The molecule has 0 fully saturated rings. The summed E-state index contributed by atoms with van der Waals surface area (Å²) in [5, 5.41) is 3.56. The highest BCUT2D eigenvalue weighted by molar-refractivity contribution is 5.57. The summed E-state index contributed by atoms with van der Waals surface area (Å²) in [4.78, 5) is 2.55. The average molecular weight is 246 g/mol. The first-order valence-electron chi connectivity index (χ1n) is 7.41. The molecule has 2 rings (SSSR count). The molecule has 100 valence electrons. The van der Waals surface area contributed by atoms with Crippen LogP contribution in [0.3, 0.4) is 0 Å². The summed E-state index contributed by atoms with van der Waals surface area (Å²) in [5.74, 6) is 0. The van der Waals surface area contributed by atoms with Gasteiger partial charge in [-0.25, -0.2) is 0 Å². The standard InChI is InChI=1S/C16H26N2/c1-3-15(17-4-2)9-7-12-18-13-11-14-8-5-6-10-16(14)18/h5-6,8,10,15,17H,3-4,7,9,11-13H2,1-2H3. The minimum atomic E-state index is 0.702. The summed E-state index contributed by atoms with van der Waals surface area (Å²) in [6.07, 6.45) is 5.05. The molecule has 1 aliphatic heterocycles. The first-order valence-corrected chi connectivity index (χ1v) is 7.41. The van der Waals surface area contributed by atoms with Gasteiger partial charge in [0.05, 0.1) is 0 Å². The van der Waals surface area contributed by atoms with E-state index in [0.29, 0.717) is 6.04 Å². The Kier molecular flexibility index (Phi) is 5.06. The molecule has 0 aliphatic carbocycles. The Bertz CT molecular complexity index is 362. The van der Waals surface area contributed by atoms with Gasteiger partial charge < -0.3 is 10.2 Å². The largest absolute Gasteiger partial charge is 0.371 e. The van der Waals surface area contributed by atoms with Crippen molar-refractivity contribution >= 4 is 5.69 Å². The van der Waals surface area contributed by atoms with E-state index in [1.54, 1.807) is 0 Å². The van der Waals surface area contributed by atoms with Crippen molar-refractivity contribution in [1.29, 1.82) is 0 Å². The second-order valence-electron chi connectivity index (χ2n) is 5.17. The van der Waals surface area contributed by atoms with Gasteiger partial charge in [0, 0.05) is 24.8 Å². The summed E-state index contributed by atoms with van der Waals surface area (Å²) in [5.41, 5.74) is 2.99. The monoisotopic (exact) mass is 246 g/mol. The van der Waals surface area contributed by atoms with E-state index in [4.69, 9.17) is 0 Å². The molecular formula is C16H26N2. The van der Waals surface area contributed by atoms with Crippen molar-refractivity contribution in [3.8, 4) is 0 Å². The van der Waals surface area contributed by atoms with E-state index in [-0.39, 0.29) is 0 Å². The number of anilines is 1. The first-order chi connectivity index (χ1) is 8.85. The molecule has 1 unspecified atom stereocenters. The zero-order chi connectivity index (χ0) is 12.8. The number of nitrogens with zero attached hydrogens (tertiary/aromatic N) is 1. The van der Waals surface area contributed by atoms with Crippen LogP contribution < -0.4 is 10.2 Å². The van der Waals surface area contributed by atoms with Crippen LogP contribution in [-0.2, 0) is 6.42 Å². The average Bonchev–Trinajstić information content (AvgIpc) is 2.81. The van der Waals surface area contributed by atoms with Gasteiger partial charge in [-0.2, -0.15) is 0 Å². The Morgan fingerprint density at radius 1 is 1.28 bits per heavy atom. The van der Waals surface area contributed by atoms with E-state index in [1.165, 1.54) is 50.0 Å². The summed E-state index contributed by atoms with van der Waals surface area (Å²) >= 11 is 0. The quantitative estimate of drug-likeness (QED) is 0.794. The third-order valence-corrected chi connectivity index (χ3v) is 3.95. The third-order valence-electron chi connectivity index (χ3n) is 3.95. The third kappa shape index (κ3) is 3.26. The molecule has 0 radical (unpaired) electrons. The van der Waals surface area contributed by atoms with Gasteiger partial charge in [0.1, 0.15) is 0 Å². The van der Waals surface area contributed by atoms with E-state index in [0.717, 1.165) is 6.54 Å². The normalized spacial score (nSPS) is 15.8. The molecule has 1 N–H and O–H groups in total. The molecule has 0 saturated heterocycles. The molecular weight excluding hydrogens is 220 g/mol. The lowest BCUT2D eigenvalue weighted by Gasteiger charge is -2.21. The number of hydrogen-bond acceptors (Lipinski definition) is 2. The topological polar surface area (TPSA) is 15.3 Å². The zero-order valence-electron chi connectivity index (χ0n) is 11.8. The van der Waals surface area contributed by atoms with E-state index in [9.17, 15) is 0 Å². The molecule has 1 heterocycles. The maximum absolute atomic E-state index is 3.56. The SMILES string of the molecule is CCNC(CC)CCCN1CCc2ccccc21. The predicted molar refractivity (Wildman–Crippen MR) is 79.3 cm³/mol. The van der Waals surface area contributed by atoms with Gasteiger partial charge in [-0.3, -0.25) is 0 Å². The molecule has 0 saturated carbocycles. The van der Waals surface area contributed by atoms with Crippen molar-refractivity contribution in [3.05, 3.63) is 29.8 Å². The van der Waals surface area contributed by atoms with Gasteiger partial charge in [-0.15, -0.1) is 0 Å². The minimum absolute atomic E-state index is 0.702. The van der Waals surface area contributed by atoms with Crippen LogP contribution >= 0.6 is 0 Å². The number of nitrogens with one attached hydrogen (secondary N) is 1. The number of para-hydroxylation sites is 1. The van der Waals surface area contributed by atoms with Crippen LogP contribution in [0, 0.1) is 0 Å². The molecule has 1 aromatic carbocycles. The Labute approximate surface area is 111 Å². The molecule has 18 heavy (non-hydrogen) atoms. The molecule has 1 aliphatic rings. The zero-order valence-corrected chi connectivity index (χ0v) is 11.8. The predicted octanol–water partition coefficient (Wildman–Crippen LogP) is 3.22. The van der Waals surface area contributed by atoms with Crippen molar-refractivity contribution in [1.82, 2.24) is 5.32 Å². The van der Waals surface area contributed by atoms with Gasteiger partial charge in [0.25, 0.3) is 0 Å². The van der Waals surface area contributed by atoms with Crippen LogP contribution in [0.4, 0.5) is 5.69 Å². The van der Waals surface area contributed by atoms with Gasteiger partial charge in [-0.05, 0) is 43.9 Å². The number of rotatable bonds is 7. The molecule has 0 spiro atoms. The summed E-state index contributed by atoms with van der Waals surface area (Å²) in [7, 11) is 0. The smallest absolute Gasteiger partial charge is 0.0399 e. The second-order valence-corrected chi connectivity index (χ2v) is 5.17. The Hall–Kier alpha value is -1.02. The van der Waals surface area contributed by atoms with Gasteiger partial charge in [0.2, 0.25) is 0 Å². The van der Waals surface area contributed by atoms with Crippen LogP contribution in [0.15, 0.2) is 24.3 Å². The lowest BCUT2D eigenvalue weighted by Crippen LogP contribution is -2.30. The fourth-order valence-electron chi connectivity index (χ4n) is 2.91. The van der Waals surface area contributed by atoms with E-state index >= 15 is 0 Å². The fraction of sp³-hybridized carbons (Fsp3) is 0.625. The minimum Gasteiger partial charge on any atom is -0.371 e. The lowest BCUT2D eigenvalue weighted by atomic mass is 10.1. The van der Waals surface area contributed by atoms with Gasteiger partial charge in [-0.1, -0.05) is 32.0 Å². The number of fused-ring (bicyclic) bond motifs is 1.